The highest BCUT2D eigenvalue weighted by Crippen LogP contribution is 2.27. The molecule has 2 saturated heterocycles. The number of nitrogens with zero attached hydrogens (tertiary/aromatic N) is 2. The van der Waals surface area contributed by atoms with Crippen molar-refractivity contribution in [3.8, 4) is 0 Å². The van der Waals surface area contributed by atoms with Gasteiger partial charge in [0.25, 0.3) is 0 Å². The van der Waals surface area contributed by atoms with Crippen LogP contribution in [0.2, 0.25) is 0 Å². The standard InChI is InChI=1S/C15H31N3/c1-3-7-15(2,12-16)13-17-10-6-14(11-17)18-8-4-5-9-18/h14H,3-13,16H2,1-2H3. The van der Waals surface area contributed by atoms with Gasteiger partial charge in [-0.1, -0.05) is 20.3 Å². The highest BCUT2D eigenvalue weighted by atomic mass is 15.3. The Morgan fingerprint density at radius 2 is 1.94 bits per heavy atom. The molecule has 2 N–H and O–H groups in total. The van der Waals surface area contributed by atoms with E-state index in [-0.39, 0.29) is 0 Å². The molecule has 2 aliphatic rings. The summed E-state index contributed by atoms with van der Waals surface area (Å²) >= 11 is 0. The van der Waals surface area contributed by atoms with Crippen LogP contribution in [0.15, 0.2) is 0 Å². The lowest BCUT2D eigenvalue weighted by atomic mass is 9.85. The van der Waals surface area contributed by atoms with Crippen LogP contribution in [0.3, 0.4) is 0 Å². The zero-order valence-electron chi connectivity index (χ0n) is 12.3. The number of rotatable bonds is 6. The molecule has 3 nitrogen and oxygen atoms in total. The molecule has 0 aliphatic carbocycles. The Bertz CT molecular complexity index is 250. The number of hydrogen-bond donors (Lipinski definition) is 1. The molecule has 2 aliphatic heterocycles. The molecule has 0 aromatic rings. The highest BCUT2D eigenvalue weighted by Gasteiger charge is 2.32. The lowest BCUT2D eigenvalue weighted by Gasteiger charge is -2.33. The minimum absolute atomic E-state index is 0.328. The summed E-state index contributed by atoms with van der Waals surface area (Å²) in [4.78, 5) is 5.37. The molecule has 2 heterocycles. The predicted octanol–water partition coefficient (Wildman–Crippen LogP) is 1.92. The van der Waals surface area contributed by atoms with Crippen molar-refractivity contribution < 1.29 is 0 Å². The summed E-state index contributed by atoms with van der Waals surface area (Å²) in [6.07, 6.45) is 6.69. The topological polar surface area (TPSA) is 32.5 Å². The van der Waals surface area contributed by atoms with Crippen molar-refractivity contribution in [1.29, 1.82) is 0 Å². The molecule has 106 valence electrons. The zero-order valence-corrected chi connectivity index (χ0v) is 12.3. The average Bonchev–Trinajstić information content (AvgIpc) is 2.99. The zero-order chi connectivity index (χ0) is 13.0. The van der Waals surface area contributed by atoms with E-state index in [1.807, 2.05) is 0 Å². The van der Waals surface area contributed by atoms with Gasteiger partial charge in [-0.2, -0.15) is 0 Å². The largest absolute Gasteiger partial charge is 0.330 e. The van der Waals surface area contributed by atoms with E-state index >= 15 is 0 Å². The monoisotopic (exact) mass is 253 g/mol. The van der Waals surface area contributed by atoms with Gasteiger partial charge in [-0.25, -0.2) is 0 Å². The lowest BCUT2D eigenvalue weighted by Crippen LogP contribution is -2.41. The van der Waals surface area contributed by atoms with Gasteiger partial charge in [0.05, 0.1) is 0 Å². The second kappa shape index (κ2) is 6.36. The van der Waals surface area contributed by atoms with Crippen molar-refractivity contribution in [1.82, 2.24) is 9.80 Å². The third-order valence-corrected chi connectivity index (χ3v) is 4.86. The molecule has 0 radical (unpaired) electrons. The van der Waals surface area contributed by atoms with E-state index in [4.69, 9.17) is 5.73 Å². The van der Waals surface area contributed by atoms with Gasteiger partial charge < -0.3 is 10.6 Å². The first-order valence-electron chi connectivity index (χ1n) is 7.83. The minimum atomic E-state index is 0.328. The van der Waals surface area contributed by atoms with E-state index < -0.39 is 0 Å². The Morgan fingerprint density at radius 3 is 2.56 bits per heavy atom. The van der Waals surface area contributed by atoms with Crippen LogP contribution in [0, 0.1) is 5.41 Å². The van der Waals surface area contributed by atoms with Crippen LogP contribution < -0.4 is 5.73 Å². The van der Waals surface area contributed by atoms with Gasteiger partial charge in [0.2, 0.25) is 0 Å². The van der Waals surface area contributed by atoms with E-state index in [1.54, 1.807) is 0 Å². The van der Waals surface area contributed by atoms with Crippen molar-refractivity contribution in [2.45, 2.75) is 52.0 Å². The molecule has 0 spiro atoms. The second-order valence-electron chi connectivity index (χ2n) is 6.69. The van der Waals surface area contributed by atoms with Crippen LogP contribution in [-0.4, -0.2) is 55.1 Å². The summed E-state index contributed by atoms with van der Waals surface area (Å²) < 4.78 is 0. The normalized spacial score (nSPS) is 29.8. The van der Waals surface area contributed by atoms with Crippen LogP contribution in [0.1, 0.15) is 46.0 Å². The van der Waals surface area contributed by atoms with Gasteiger partial charge in [-0.05, 0) is 57.3 Å². The van der Waals surface area contributed by atoms with Crippen LogP contribution >= 0.6 is 0 Å². The fourth-order valence-electron chi connectivity index (χ4n) is 3.75. The Morgan fingerprint density at radius 1 is 1.22 bits per heavy atom. The molecule has 0 aromatic carbocycles. The van der Waals surface area contributed by atoms with Gasteiger partial charge in [0.1, 0.15) is 0 Å². The van der Waals surface area contributed by atoms with Crippen molar-refractivity contribution in [3.05, 3.63) is 0 Å². The van der Waals surface area contributed by atoms with Gasteiger partial charge in [0.15, 0.2) is 0 Å². The Kier molecular flexibility index (Phi) is 5.05. The second-order valence-corrected chi connectivity index (χ2v) is 6.69. The maximum atomic E-state index is 5.99. The minimum Gasteiger partial charge on any atom is -0.330 e. The van der Waals surface area contributed by atoms with E-state index in [1.165, 1.54) is 64.8 Å². The summed E-state index contributed by atoms with van der Waals surface area (Å²) in [7, 11) is 0. The molecule has 3 heteroatoms. The third kappa shape index (κ3) is 3.46. The third-order valence-electron chi connectivity index (χ3n) is 4.86. The Balaban J connectivity index is 1.80. The van der Waals surface area contributed by atoms with Crippen molar-refractivity contribution in [3.63, 3.8) is 0 Å². The first-order valence-corrected chi connectivity index (χ1v) is 7.83. The molecule has 2 rings (SSSR count). The molecule has 0 saturated carbocycles. The van der Waals surface area contributed by atoms with Crippen LogP contribution in [-0.2, 0) is 0 Å². The molecule has 2 atom stereocenters. The maximum absolute atomic E-state index is 5.99. The van der Waals surface area contributed by atoms with Crippen molar-refractivity contribution >= 4 is 0 Å². The quantitative estimate of drug-likeness (QED) is 0.785. The van der Waals surface area contributed by atoms with Gasteiger partial charge in [0, 0.05) is 19.1 Å². The SMILES string of the molecule is CCCC(C)(CN)CN1CCC(N2CCCC2)C1. The summed E-state index contributed by atoms with van der Waals surface area (Å²) in [5, 5.41) is 0. The van der Waals surface area contributed by atoms with Crippen molar-refractivity contribution in [2.24, 2.45) is 11.1 Å². The maximum Gasteiger partial charge on any atom is 0.0235 e. The fraction of sp³-hybridized carbons (Fsp3) is 1.00. The van der Waals surface area contributed by atoms with E-state index in [0.29, 0.717) is 5.41 Å². The van der Waals surface area contributed by atoms with Gasteiger partial charge in [-0.15, -0.1) is 0 Å². The summed E-state index contributed by atoms with van der Waals surface area (Å²) in [5.74, 6) is 0. The molecule has 0 bridgehead atoms. The summed E-state index contributed by atoms with van der Waals surface area (Å²) in [5.41, 5.74) is 6.32. The first-order chi connectivity index (χ1) is 8.67. The molecule has 2 fully saturated rings. The Hall–Kier alpha value is -0.120. The van der Waals surface area contributed by atoms with Gasteiger partial charge >= 0.3 is 0 Å². The summed E-state index contributed by atoms with van der Waals surface area (Å²) in [6.45, 7) is 11.9. The van der Waals surface area contributed by atoms with E-state index in [2.05, 4.69) is 23.6 Å². The van der Waals surface area contributed by atoms with E-state index in [0.717, 1.165) is 12.6 Å². The number of likely N-dealkylation sites (tertiary alicyclic amines) is 2. The predicted molar refractivity (Wildman–Crippen MR) is 77.7 cm³/mol. The van der Waals surface area contributed by atoms with Crippen LogP contribution in [0.4, 0.5) is 0 Å². The van der Waals surface area contributed by atoms with Crippen molar-refractivity contribution in [2.75, 3.05) is 39.3 Å². The number of nitrogens with two attached hydrogens (primary N) is 1. The lowest BCUT2D eigenvalue weighted by molar-refractivity contribution is 0.168. The van der Waals surface area contributed by atoms with Crippen LogP contribution in [0.5, 0.6) is 0 Å². The molecule has 0 aromatic heterocycles. The van der Waals surface area contributed by atoms with Gasteiger partial charge in [-0.3, -0.25) is 4.90 Å². The molecular formula is C15H31N3. The average molecular weight is 253 g/mol. The molecule has 18 heavy (non-hydrogen) atoms. The fourth-order valence-corrected chi connectivity index (χ4v) is 3.75. The molecular weight excluding hydrogens is 222 g/mol. The van der Waals surface area contributed by atoms with E-state index in [9.17, 15) is 0 Å². The Labute approximate surface area is 113 Å². The highest BCUT2D eigenvalue weighted by molar-refractivity contribution is 4.89. The molecule has 0 amide bonds. The number of hydrogen-bond acceptors (Lipinski definition) is 3. The summed E-state index contributed by atoms with van der Waals surface area (Å²) in [6, 6.07) is 0.830. The molecule has 2 unspecified atom stereocenters. The first kappa shape index (κ1) is 14.3. The van der Waals surface area contributed by atoms with Crippen LogP contribution in [0.25, 0.3) is 0 Å². The smallest absolute Gasteiger partial charge is 0.0235 e.